The van der Waals surface area contributed by atoms with E-state index in [1.165, 1.54) is 6.07 Å². The first kappa shape index (κ1) is 14.9. The summed E-state index contributed by atoms with van der Waals surface area (Å²) in [5.41, 5.74) is 1.03. The number of rotatable bonds is 5. The molecule has 0 atom stereocenters. The molecule has 0 radical (unpaired) electrons. The van der Waals surface area contributed by atoms with Crippen LogP contribution in [0.15, 0.2) is 18.2 Å². The van der Waals surface area contributed by atoms with Gasteiger partial charge in [-0.05, 0) is 12.1 Å². The van der Waals surface area contributed by atoms with Crippen molar-refractivity contribution in [2.45, 2.75) is 6.54 Å². The average Bonchev–Trinajstić information content (AvgIpc) is 2.48. The molecule has 1 fully saturated rings. The third-order valence-corrected chi connectivity index (χ3v) is 3.65. The normalized spacial score (nSPS) is 17.1. The number of methoxy groups -OCH3 is 1. The maximum atomic E-state index is 13.8. The summed E-state index contributed by atoms with van der Waals surface area (Å²) in [6, 6.07) is 6.65. The minimum Gasteiger partial charge on any atom is -0.383 e. The first-order valence-electron chi connectivity index (χ1n) is 6.85. The number of ether oxygens (including phenoxy) is 1. The standard InChI is InChI=1S/C15H20FN3O/c1-20-9-8-18-4-6-19(7-5-18)12-14-3-2-13(11-17)10-15(14)16/h2-3,10H,4-9,12H2,1H3. The van der Waals surface area contributed by atoms with Gasteiger partial charge in [-0.2, -0.15) is 5.26 Å². The SMILES string of the molecule is COCCN1CCN(Cc2ccc(C#N)cc2F)CC1. The molecular weight excluding hydrogens is 257 g/mol. The Bertz CT molecular complexity index is 478. The molecular formula is C15H20FN3O. The number of halogens is 1. The third-order valence-electron chi connectivity index (χ3n) is 3.65. The second-order valence-corrected chi connectivity index (χ2v) is 5.03. The van der Waals surface area contributed by atoms with Gasteiger partial charge >= 0.3 is 0 Å². The maximum Gasteiger partial charge on any atom is 0.129 e. The van der Waals surface area contributed by atoms with Crippen LogP contribution in [0.25, 0.3) is 0 Å². The predicted octanol–water partition coefficient (Wildman–Crippen LogP) is 1.46. The van der Waals surface area contributed by atoms with Gasteiger partial charge < -0.3 is 4.74 Å². The fraction of sp³-hybridized carbons (Fsp3) is 0.533. The van der Waals surface area contributed by atoms with Crippen molar-refractivity contribution in [1.82, 2.24) is 9.80 Å². The molecule has 0 N–H and O–H groups in total. The van der Waals surface area contributed by atoms with Crippen LogP contribution in [0.2, 0.25) is 0 Å². The summed E-state index contributed by atoms with van der Waals surface area (Å²) in [5, 5.41) is 8.73. The summed E-state index contributed by atoms with van der Waals surface area (Å²) < 4.78 is 18.9. The molecule has 1 heterocycles. The molecule has 0 aromatic heterocycles. The summed E-state index contributed by atoms with van der Waals surface area (Å²) in [5.74, 6) is -0.286. The Kier molecular flexibility index (Phi) is 5.48. The minimum absolute atomic E-state index is 0.286. The molecule has 0 saturated carbocycles. The topological polar surface area (TPSA) is 39.5 Å². The van der Waals surface area contributed by atoms with E-state index in [2.05, 4.69) is 9.80 Å². The summed E-state index contributed by atoms with van der Waals surface area (Å²) in [6.45, 7) is 6.16. The van der Waals surface area contributed by atoms with Gasteiger partial charge in [-0.15, -0.1) is 0 Å². The first-order chi connectivity index (χ1) is 9.72. The zero-order valence-corrected chi connectivity index (χ0v) is 11.8. The van der Waals surface area contributed by atoms with Gasteiger partial charge in [0.05, 0.1) is 18.2 Å². The highest BCUT2D eigenvalue weighted by Gasteiger charge is 2.17. The Labute approximate surface area is 119 Å². The van der Waals surface area contributed by atoms with Crippen LogP contribution in [0.3, 0.4) is 0 Å². The second-order valence-electron chi connectivity index (χ2n) is 5.03. The van der Waals surface area contributed by atoms with Gasteiger partial charge in [0.2, 0.25) is 0 Å². The molecule has 5 heteroatoms. The van der Waals surface area contributed by atoms with Crippen molar-refractivity contribution >= 4 is 0 Å². The van der Waals surface area contributed by atoms with Crippen LogP contribution in [0.4, 0.5) is 4.39 Å². The van der Waals surface area contributed by atoms with Crippen LogP contribution in [0.1, 0.15) is 11.1 Å². The van der Waals surface area contributed by atoms with Crippen LogP contribution in [0, 0.1) is 17.1 Å². The molecule has 0 unspecified atom stereocenters. The van der Waals surface area contributed by atoms with E-state index in [9.17, 15) is 4.39 Å². The van der Waals surface area contributed by atoms with Crippen molar-refractivity contribution in [3.8, 4) is 6.07 Å². The highest BCUT2D eigenvalue weighted by atomic mass is 19.1. The fourth-order valence-corrected chi connectivity index (χ4v) is 2.38. The minimum atomic E-state index is -0.286. The molecule has 0 amide bonds. The van der Waals surface area contributed by atoms with E-state index in [4.69, 9.17) is 10.00 Å². The average molecular weight is 277 g/mol. The Balaban J connectivity index is 1.85. The monoisotopic (exact) mass is 277 g/mol. The molecule has 20 heavy (non-hydrogen) atoms. The van der Waals surface area contributed by atoms with Crippen molar-refractivity contribution in [2.75, 3.05) is 46.4 Å². The van der Waals surface area contributed by atoms with Crippen LogP contribution in [-0.4, -0.2) is 56.2 Å². The van der Waals surface area contributed by atoms with Crippen molar-refractivity contribution in [3.63, 3.8) is 0 Å². The van der Waals surface area contributed by atoms with Gasteiger partial charge in [-0.1, -0.05) is 6.07 Å². The van der Waals surface area contributed by atoms with Crippen LogP contribution < -0.4 is 0 Å². The van der Waals surface area contributed by atoms with E-state index >= 15 is 0 Å². The second kappa shape index (κ2) is 7.34. The molecule has 1 aromatic rings. The maximum absolute atomic E-state index is 13.8. The molecule has 0 aliphatic carbocycles. The number of hydrogen-bond acceptors (Lipinski definition) is 4. The Hall–Kier alpha value is -1.48. The number of nitrogens with zero attached hydrogens (tertiary/aromatic N) is 3. The van der Waals surface area contributed by atoms with Crippen LogP contribution in [0.5, 0.6) is 0 Å². The molecule has 108 valence electrons. The van der Waals surface area contributed by atoms with Crippen molar-refractivity contribution in [3.05, 3.63) is 35.1 Å². The molecule has 0 spiro atoms. The zero-order valence-electron chi connectivity index (χ0n) is 11.8. The first-order valence-corrected chi connectivity index (χ1v) is 6.85. The molecule has 1 saturated heterocycles. The number of nitriles is 1. The fourth-order valence-electron chi connectivity index (χ4n) is 2.38. The lowest BCUT2D eigenvalue weighted by Gasteiger charge is -2.34. The van der Waals surface area contributed by atoms with E-state index in [0.29, 0.717) is 17.7 Å². The van der Waals surface area contributed by atoms with Gasteiger partial charge in [0.25, 0.3) is 0 Å². The highest BCUT2D eigenvalue weighted by Crippen LogP contribution is 2.14. The third kappa shape index (κ3) is 4.01. The molecule has 2 rings (SSSR count). The molecule has 1 aliphatic rings. The molecule has 1 aliphatic heterocycles. The van der Waals surface area contributed by atoms with Crippen molar-refractivity contribution in [2.24, 2.45) is 0 Å². The molecule has 4 nitrogen and oxygen atoms in total. The predicted molar refractivity (Wildman–Crippen MR) is 74.7 cm³/mol. The smallest absolute Gasteiger partial charge is 0.129 e. The lowest BCUT2D eigenvalue weighted by molar-refractivity contribution is 0.0933. The lowest BCUT2D eigenvalue weighted by Crippen LogP contribution is -2.46. The van der Waals surface area contributed by atoms with E-state index in [0.717, 1.165) is 39.3 Å². The van der Waals surface area contributed by atoms with E-state index in [1.54, 1.807) is 19.2 Å². The largest absolute Gasteiger partial charge is 0.383 e. The summed E-state index contributed by atoms with van der Waals surface area (Å²) in [4.78, 5) is 4.60. The van der Waals surface area contributed by atoms with Gasteiger partial charge in [-0.3, -0.25) is 9.80 Å². The Morgan fingerprint density at radius 2 is 1.95 bits per heavy atom. The van der Waals surface area contributed by atoms with E-state index in [-0.39, 0.29) is 5.82 Å². The van der Waals surface area contributed by atoms with E-state index < -0.39 is 0 Å². The number of hydrogen-bond donors (Lipinski definition) is 0. The summed E-state index contributed by atoms with van der Waals surface area (Å²) in [7, 11) is 1.71. The molecule has 1 aromatic carbocycles. The summed E-state index contributed by atoms with van der Waals surface area (Å²) >= 11 is 0. The number of piperazine rings is 1. The lowest BCUT2D eigenvalue weighted by atomic mass is 10.1. The van der Waals surface area contributed by atoms with Crippen molar-refractivity contribution < 1.29 is 9.13 Å². The van der Waals surface area contributed by atoms with Gasteiger partial charge in [-0.25, -0.2) is 4.39 Å². The van der Waals surface area contributed by atoms with E-state index in [1.807, 2.05) is 6.07 Å². The number of benzene rings is 1. The summed E-state index contributed by atoms with van der Waals surface area (Å²) in [6.07, 6.45) is 0. The zero-order chi connectivity index (χ0) is 14.4. The van der Waals surface area contributed by atoms with Gasteiger partial charge in [0, 0.05) is 51.9 Å². The van der Waals surface area contributed by atoms with Gasteiger partial charge in [0.15, 0.2) is 0 Å². The van der Waals surface area contributed by atoms with Gasteiger partial charge in [0.1, 0.15) is 5.82 Å². The Morgan fingerprint density at radius 1 is 1.25 bits per heavy atom. The Morgan fingerprint density at radius 3 is 2.55 bits per heavy atom. The van der Waals surface area contributed by atoms with Crippen LogP contribution >= 0.6 is 0 Å². The quantitative estimate of drug-likeness (QED) is 0.817. The molecule has 0 bridgehead atoms. The van der Waals surface area contributed by atoms with Crippen molar-refractivity contribution in [1.29, 1.82) is 5.26 Å². The highest BCUT2D eigenvalue weighted by molar-refractivity contribution is 5.32. The van der Waals surface area contributed by atoms with Crippen LogP contribution in [-0.2, 0) is 11.3 Å².